The molecular weight excluding hydrogens is 192 g/mol. The van der Waals surface area contributed by atoms with E-state index in [0.29, 0.717) is 6.04 Å². The Morgan fingerprint density at radius 3 is 3.07 bits per heavy atom. The topological polar surface area (TPSA) is 66.8 Å². The summed E-state index contributed by atoms with van der Waals surface area (Å²) in [5.74, 6) is 6.17. The van der Waals surface area contributed by atoms with E-state index in [-0.39, 0.29) is 0 Å². The number of nitrogens with two attached hydrogens (primary N) is 1. The molecule has 0 aromatic carbocycles. The number of furan rings is 1. The molecule has 0 atom stereocenters. The third kappa shape index (κ3) is 2.73. The molecule has 1 aromatic rings. The summed E-state index contributed by atoms with van der Waals surface area (Å²) in [5, 5.41) is 0. The van der Waals surface area contributed by atoms with E-state index < -0.39 is 0 Å². The van der Waals surface area contributed by atoms with Crippen LogP contribution >= 0.6 is 0 Å². The molecule has 5 nitrogen and oxygen atoms in total. The predicted molar refractivity (Wildman–Crippen MR) is 58.0 cm³/mol. The van der Waals surface area contributed by atoms with Gasteiger partial charge in [-0.15, -0.1) is 0 Å². The average Bonchev–Trinajstić information content (AvgIpc) is 2.91. The van der Waals surface area contributed by atoms with Crippen molar-refractivity contribution in [1.29, 1.82) is 0 Å². The van der Waals surface area contributed by atoms with E-state index >= 15 is 0 Å². The second kappa shape index (κ2) is 4.35. The third-order valence-electron chi connectivity index (χ3n) is 2.34. The first-order chi connectivity index (χ1) is 7.29. The Morgan fingerprint density at radius 2 is 2.53 bits per heavy atom. The largest absolute Gasteiger partial charge is 0.472 e. The van der Waals surface area contributed by atoms with Crippen molar-refractivity contribution in [2.45, 2.75) is 25.4 Å². The molecule has 0 unspecified atom stereocenters. The lowest BCUT2D eigenvalue weighted by Gasteiger charge is -2.19. The van der Waals surface area contributed by atoms with Crippen molar-refractivity contribution in [2.75, 3.05) is 7.05 Å². The van der Waals surface area contributed by atoms with Crippen molar-refractivity contribution >= 4 is 5.96 Å². The van der Waals surface area contributed by atoms with Gasteiger partial charge in [0.15, 0.2) is 0 Å². The van der Waals surface area contributed by atoms with Gasteiger partial charge >= 0.3 is 0 Å². The number of nitrogens with zero attached hydrogens (tertiary/aromatic N) is 2. The number of hydrogen-bond donors (Lipinski definition) is 2. The lowest BCUT2D eigenvalue weighted by molar-refractivity contribution is 0.470. The van der Waals surface area contributed by atoms with Crippen LogP contribution in [0, 0.1) is 0 Å². The molecule has 1 saturated carbocycles. The van der Waals surface area contributed by atoms with Crippen LogP contribution in [0.1, 0.15) is 18.4 Å². The molecule has 0 spiro atoms. The quantitative estimate of drug-likeness (QED) is 0.332. The Balaban J connectivity index is 1.95. The van der Waals surface area contributed by atoms with Crippen molar-refractivity contribution in [3.05, 3.63) is 24.2 Å². The Hall–Kier alpha value is -1.49. The first-order valence-corrected chi connectivity index (χ1v) is 5.06. The molecule has 0 amide bonds. The van der Waals surface area contributed by atoms with Gasteiger partial charge in [-0.25, -0.2) is 10.8 Å². The summed E-state index contributed by atoms with van der Waals surface area (Å²) in [5.41, 5.74) is 3.74. The maximum absolute atomic E-state index is 5.43. The minimum atomic E-state index is 0.461. The van der Waals surface area contributed by atoms with Crippen LogP contribution in [-0.4, -0.2) is 23.9 Å². The smallest absolute Gasteiger partial charge is 0.208 e. The van der Waals surface area contributed by atoms with E-state index in [1.54, 1.807) is 12.5 Å². The summed E-state index contributed by atoms with van der Waals surface area (Å²) in [7, 11) is 1.95. The van der Waals surface area contributed by atoms with Crippen molar-refractivity contribution in [3.63, 3.8) is 0 Å². The van der Waals surface area contributed by atoms with Crippen molar-refractivity contribution in [3.8, 4) is 0 Å². The predicted octanol–water partition coefficient (Wildman–Crippen LogP) is 0.693. The zero-order valence-corrected chi connectivity index (χ0v) is 8.81. The van der Waals surface area contributed by atoms with Crippen LogP contribution < -0.4 is 11.3 Å². The minimum Gasteiger partial charge on any atom is -0.472 e. The standard InChI is InChI=1S/C10H16N4O/c1-14(6-8-4-5-15-7-8)10(13-11)12-9-2-3-9/h4-5,7,9H,2-3,6,11H2,1H3,(H,12,13). The molecule has 1 heterocycles. The van der Waals surface area contributed by atoms with Gasteiger partial charge in [-0.1, -0.05) is 0 Å². The minimum absolute atomic E-state index is 0.461. The molecule has 0 aliphatic heterocycles. The maximum atomic E-state index is 5.43. The van der Waals surface area contributed by atoms with Gasteiger partial charge in [-0.3, -0.25) is 5.43 Å². The second-order valence-corrected chi connectivity index (χ2v) is 3.82. The molecule has 0 saturated heterocycles. The van der Waals surface area contributed by atoms with Crippen LogP contribution in [0.4, 0.5) is 0 Å². The zero-order valence-electron chi connectivity index (χ0n) is 8.81. The number of hydrazine groups is 1. The Labute approximate surface area is 88.9 Å². The van der Waals surface area contributed by atoms with Crippen LogP contribution in [-0.2, 0) is 6.54 Å². The molecule has 1 aromatic heterocycles. The summed E-state index contributed by atoms with van der Waals surface area (Å²) in [6.07, 6.45) is 5.73. The number of hydrogen-bond acceptors (Lipinski definition) is 3. The summed E-state index contributed by atoms with van der Waals surface area (Å²) in [6.45, 7) is 0.742. The van der Waals surface area contributed by atoms with Gasteiger partial charge in [0, 0.05) is 19.2 Å². The lowest BCUT2D eigenvalue weighted by atomic mass is 10.3. The normalized spacial score (nSPS) is 16.5. The third-order valence-corrected chi connectivity index (χ3v) is 2.34. The highest BCUT2D eigenvalue weighted by Gasteiger charge is 2.22. The number of nitrogens with one attached hydrogen (secondary N) is 1. The summed E-state index contributed by atoms with van der Waals surface area (Å²) < 4.78 is 5.00. The summed E-state index contributed by atoms with van der Waals surface area (Å²) in [4.78, 5) is 6.44. The first kappa shape index (κ1) is 10.0. The summed E-state index contributed by atoms with van der Waals surface area (Å²) in [6, 6.07) is 2.39. The van der Waals surface area contributed by atoms with Gasteiger partial charge in [0.25, 0.3) is 0 Å². The van der Waals surface area contributed by atoms with Gasteiger partial charge in [-0.2, -0.15) is 0 Å². The van der Waals surface area contributed by atoms with Crippen LogP contribution in [0.3, 0.4) is 0 Å². The first-order valence-electron chi connectivity index (χ1n) is 5.06. The maximum Gasteiger partial charge on any atom is 0.208 e. The van der Waals surface area contributed by atoms with E-state index in [1.165, 1.54) is 12.8 Å². The molecule has 2 rings (SSSR count). The Morgan fingerprint density at radius 1 is 1.73 bits per heavy atom. The van der Waals surface area contributed by atoms with Gasteiger partial charge in [0.1, 0.15) is 0 Å². The molecule has 0 radical (unpaired) electrons. The van der Waals surface area contributed by atoms with E-state index in [1.807, 2.05) is 18.0 Å². The molecule has 82 valence electrons. The lowest BCUT2D eigenvalue weighted by Crippen LogP contribution is -2.42. The van der Waals surface area contributed by atoms with E-state index in [0.717, 1.165) is 18.1 Å². The molecule has 0 bridgehead atoms. The number of guanidine groups is 1. The van der Waals surface area contributed by atoms with Gasteiger partial charge in [-0.05, 0) is 18.9 Å². The highest BCUT2D eigenvalue weighted by Crippen LogP contribution is 2.23. The average molecular weight is 208 g/mol. The zero-order chi connectivity index (χ0) is 10.7. The molecule has 1 fully saturated rings. The van der Waals surface area contributed by atoms with Crippen LogP contribution in [0.25, 0.3) is 0 Å². The van der Waals surface area contributed by atoms with Crippen LogP contribution in [0.15, 0.2) is 28.0 Å². The van der Waals surface area contributed by atoms with E-state index in [2.05, 4.69) is 10.4 Å². The molecule has 1 aliphatic carbocycles. The van der Waals surface area contributed by atoms with Crippen molar-refractivity contribution in [1.82, 2.24) is 10.3 Å². The highest BCUT2D eigenvalue weighted by molar-refractivity contribution is 5.79. The van der Waals surface area contributed by atoms with Crippen LogP contribution in [0.5, 0.6) is 0 Å². The Bertz CT molecular complexity index is 329. The fourth-order valence-corrected chi connectivity index (χ4v) is 1.35. The van der Waals surface area contributed by atoms with E-state index in [9.17, 15) is 0 Å². The fraction of sp³-hybridized carbons (Fsp3) is 0.500. The van der Waals surface area contributed by atoms with Gasteiger partial charge in [0.2, 0.25) is 5.96 Å². The van der Waals surface area contributed by atoms with E-state index in [4.69, 9.17) is 10.3 Å². The highest BCUT2D eigenvalue weighted by atomic mass is 16.3. The number of aliphatic imine (C=N–C) groups is 1. The molecular formula is C10H16N4O. The number of rotatable bonds is 3. The molecule has 1 aliphatic rings. The van der Waals surface area contributed by atoms with Gasteiger partial charge in [0.05, 0.1) is 18.6 Å². The second-order valence-electron chi connectivity index (χ2n) is 3.82. The van der Waals surface area contributed by atoms with Crippen molar-refractivity contribution in [2.24, 2.45) is 10.8 Å². The molecule has 15 heavy (non-hydrogen) atoms. The monoisotopic (exact) mass is 208 g/mol. The van der Waals surface area contributed by atoms with Crippen molar-refractivity contribution < 1.29 is 4.42 Å². The van der Waals surface area contributed by atoms with Gasteiger partial charge < -0.3 is 9.32 Å². The fourth-order valence-electron chi connectivity index (χ4n) is 1.35. The molecule has 5 heteroatoms. The molecule has 3 N–H and O–H groups in total. The summed E-state index contributed by atoms with van der Waals surface area (Å²) >= 11 is 0. The Kier molecular flexibility index (Phi) is 2.91. The van der Waals surface area contributed by atoms with Crippen LogP contribution in [0.2, 0.25) is 0 Å². The SMILES string of the molecule is CN(Cc1ccoc1)C(=NC1CC1)NN.